The SMILES string of the molecule is COC(=O)CCc1cccc(F)c1OC(F)F. The van der Waals surface area contributed by atoms with Crippen LogP contribution < -0.4 is 4.74 Å². The Labute approximate surface area is 96.1 Å². The van der Waals surface area contributed by atoms with E-state index in [0.717, 1.165) is 6.07 Å². The van der Waals surface area contributed by atoms with E-state index in [1.165, 1.54) is 19.2 Å². The van der Waals surface area contributed by atoms with Crippen LogP contribution in [0.5, 0.6) is 5.75 Å². The number of methoxy groups -OCH3 is 1. The molecule has 0 spiro atoms. The molecule has 0 amide bonds. The molecule has 94 valence electrons. The predicted octanol–water partition coefficient (Wildman–Crippen LogP) is 2.53. The molecule has 0 aliphatic rings. The molecular formula is C11H11F3O3. The zero-order valence-corrected chi connectivity index (χ0v) is 9.08. The molecule has 0 aliphatic heterocycles. The van der Waals surface area contributed by atoms with Gasteiger partial charge in [0.1, 0.15) is 0 Å². The number of aryl methyl sites for hydroxylation is 1. The normalized spacial score (nSPS) is 10.4. The van der Waals surface area contributed by atoms with Crippen molar-refractivity contribution in [1.29, 1.82) is 0 Å². The molecule has 0 saturated heterocycles. The summed E-state index contributed by atoms with van der Waals surface area (Å²) in [6, 6.07) is 3.80. The van der Waals surface area contributed by atoms with Gasteiger partial charge in [0.2, 0.25) is 0 Å². The molecule has 0 aliphatic carbocycles. The molecular weight excluding hydrogens is 237 g/mol. The second-order valence-corrected chi connectivity index (χ2v) is 3.18. The van der Waals surface area contributed by atoms with E-state index in [4.69, 9.17) is 0 Å². The van der Waals surface area contributed by atoms with Crippen LogP contribution in [0.1, 0.15) is 12.0 Å². The number of carbonyl (C=O) groups is 1. The van der Waals surface area contributed by atoms with E-state index in [1.807, 2.05) is 0 Å². The molecule has 0 atom stereocenters. The average Bonchev–Trinajstić information content (AvgIpc) is 2.29. The van der Waals surface area contributed by atoms with Crippen molar-refractivity contribution in [3.63, 3.8) is 0 Å². The first-order valence-corrected chi connectivity index (χ1v) is 4.83. The molecule has 0 unspecified atom stereocenters. The summed E-state index contributed by atoms with van der Waals surface area (Å²) in [6.45, 7) is -3.11. The van der Waals surface area contributed by atoms with Gasteiger partial charge < -0.3 is 9.47 Å². The maximum absolute atomic E-state index is 13.2. The van der Waals surface area contributed by atoms with Gasteiger partial charge in [0.05, 0.1) is 7.11 Å². The van der Waals surface area contributed by atoms with Crippen LogP contribution in [0.15, 0.2) is 18.2 Å². The van der Waals surface area contributed by atoms with Crippen LogP contribution in [0.3, 0.4) is 0 Å². The van der Waals surface area contributed by atoms with Crippen LogP contribution in [0.25, 0.3) is 0 Å². The van der Waals surface area contributed by atoms with E-state index in [2.05, 4.69) is 9.47 Å². The number of carbonyl (C=O) groups excluding carboxylic acids is 1. The largest absolute Gasteiger partial charge is 0.469 e. The third kappa shape index (κ3) is 3.97. The van der Waals surface area contributed by atoms with Crippen molar-refractivity contribution in [2.24, 2.45) is 0 Å². The lowest BCUT2D eigenvalue weighted by Gasteiger charge is -2.10. The highest BCUT2D eigenvalue weighted by Crippen LogP contribution is 2.25. The van der Waals surface area contributed by atoms with Gasteiger partial charge >= 0.3 is 12.6 Å². The van der Waals surface area contributed by atoms with Gasteiger partial charge in [0, 0.05) is 6.42 Å². The third-order valence-electron chi connectivity index (χ3n) is 2.08. The number of alkyl halides is 2. The molecule has 0 heterocycles. The maximum Gasteiger partial charge on any atom is 0.387 e. The Morgan fingerprint density at radius 1 is 1.41 bits per heavy atom. The number of halogens is 3. The predicted molar refractivity (Wildman–Crippen MR) is 53.4 cm³/mol. The van der Waals surface area contributed by atoms with Crippen molar-refractivity contribution in [2.45, 2.75) is 19.5 Å². The van der Waals surface area contributed by atoms with Crippen molar-refractivity contribution < 1.29 is 27.4 Å². The van der Waals surface area contributed by atoms with E-state index in [-0.39, 0.29) is 18.4 Å². The van der Waals surface area contributed by atoms with Gasteiger partial charge in [0.25, 0.3) is 0 Å². The van der Waals surface area contributed by atoms with Crippen molar-refractivity contribution in [2.75, 3.05) is 7.11 Å². The quantitative estimate of drug-likeness (QED) is 0.751. The molecule has 1 aromatic carbocycles. The highest BCUT2D eigenvalue weighted by Gasteiger charge is 2.15. The summed E-state index contributed by atoms with van der Waals surface area (Å²) < 4.78 is 45.9. The Morgan fingerprint density at radius 2 is 2.12 bits per heavy atom. The third-order valence-corrected chi connectivity index (χ3v) is 2.08. The lowest BCUT2D eigenvalue weighted by molar-refractivity contribution is -0.140. The van der Waals surface area contributed by atoms with E-state index in [0.29, 0.717) is 0 Å². The summed E-state index contributed by atoms with van der Waals surface area (Å²) in [6.07, 6.45) is 0.0477. The average molecular weight is 248 g/mol. The zero-order valence-electron chi connectivity index (χ0n) is 9.08. The van der Waals surface area contributed by atoms with Gasteiger partial charge in [-0.15, -0.1) is 0 Å². The summed E-state index contributed by atoms with van der Waals surface area (Å²) in [5.74, 6) is -1.91. The Bertz CT molecular complexity index is 394. The van der Waals surface area contributed by atoms with Crippen LogP contribution in [-0.4, -0.2) is 19.7 Å². The molecule has 0 radical (unpaired) electrons. The van der Waals surface area contributed by atoms with Crippen molar-refractivity contribution in [3.8, 4) is 5.75 Å². The first-order chi connectivity index (χ1) is 8.04. The van der Waals surface area contributed by atoms with Gasteiger partial charge in [-0.1, -0.05) is 12.1 Å². The molecule has 0 bridgehead atoms. The molecule has 0 N–H and O–H groups in total. The highest BCUT2D eigenvalue weighted by atomic mass is 19.3. The second kappa shape index (κ2) is 6.12. The van der Waals surface area contributed by atoms with Crippen LogP contribution in [0.4, 0.5) is 13.2 Å². The number of ether oxygens (including phenoxy) is 2. The summed E-state index contributed by atoms with van der Waals surface area (Å²) in [4.78, 5) is 10.9. The number of rotatable bonds is 5. The Hall–Kier alpha value is -1.72. The van der Waals surface area contributed by atoms with E-state index < -0.39 is 24.1 Å². The maximum atomic E-state index is 13.2. The van der Waals surface area contributed by atoms with E-state index >= 15 is 0 Å². The number of para-hydroxylation sites is 1. The number of hydrogen-bond donors (Lipinski definition) is 0. The summed E-state index contributed by atoms with van der Waals surface area (Å²) in [7, 11) is 1.21. The topological polar surface area (TPSA) is 35.5 Å². The Balaban J connectivity index is 2.82. The minimum atomic E-state index is -3.11. The Morgan fingerprint density at radius 3 is 2.71 bits per heavy atom. The fourth-order valence-electron chi connectivity index (χ4n) is 1.31. The monoisotopic (exact) mass is 248 g/mol. The van der Waals surface area contributed by atoms with E-state index in [9.17, 15) is 18.0 Å². The minimum absolute atomic E-state index is 0.0282. The lowest BCUT2D eigenvalue weighted by Crippen LogP contribution is -2.08. The van der Waals surface area contributed by atoms with Crippen molar-refractivity contribution >= 4 is 5.97 Å². The molecule has 17 heavy (non-hydrogen) atoms. The standard InChI is InChI=1S/C11H11F3O3/c1-16-9(15)6-5-7-3-2-4-8(12)10(7)17-11(13)14/h2-4,11H,5-6H2,1H3. The van der Waals surface area contributed by atoms with Crippen molar-refractivity contribution in [3.05, 3.63) is 29.6 Å². The van der Waals surface area contributed by atoms with Gasteiger partial charge in [-0.05, 0) is 18.1 Å². The summed E-state index contributed by atoms with van der Waals surface area (Å²) >= 11 is 0. The molecule has 3 nitrogen and oxygen atoms in total. The smallest absolute Gasteiger partial charge is 0.387 e. The van der Waals surface area contributed by atoms with Gasteiger partial charge in [-0.2, -0.15) is 8.78 Å². The summed E-state index contributed by atoms with van der Waals surface area (Å²) in [5.41, 5.74) is 0.204. The second-order valence-electron chi connectivity index (χ2n) is 3.18. The fourth-order valence-corrected chi connectivity index (χ4v) is 1.31. The minimum Gasteiger partial charge on any atom is -0.469 e. The molecule has 1 aromatic rings. The molecule has 1 rings (SSSR count). The Kier molecular flexibility index (Phi) is 4.81. The molecule has 6 heteroatoms. The highest BCUT2D eigenvalue weighted by molar-refractivity contribution is 5.69. The number of benzene rings is 1. The molecule has 0 fully saturated rings. The molecule has 0 saturated carbocycles. The van der Waals surface area contributed by atoms with E-state index in [1.54, 1.807) is 0 Å². The van der Waals surface area contributed by atoms with Crippen LogP contribution >= 0.6 is 0 Å². The first-order valence-electron chi connectivity index (χ1n) is 4.83. The van der Waals surface area contributed by atoms with Gasteiger partial charge in [-0.3, -0.25) is 4.79 Å². The number of esters is 1. The zero-order chi connectivity index (χ0) is 12.8. The van der Waals surface area contributed by atoms with Crippen LogP contribution in [-0.2, 0) is 16.0 Å². The number of hydrogen-bond acceptors (Lipinski definition) is 3. The summed E-state index contributed by atoms with van der Waals surface area (Å²) in [5, 5.41) is 0. The van der Waals surface area contributed by atoms with Crippen LogP contribution in [0, 0.1) is 5.82 Å². The first kappa shape index (κ1) is 13.3. The van der Waals surface area contributed by atoms with Gasteiger partial charge in [-0.25, -0.2) is 4.39 Å². The fraction of sp³-hybridized carbons (Fsp3) is 0.364. The van der Waals surface area contributed by atoms with Crippen LogP contribution in [0.2, 0.25) is 0 Å². The molecule has 0 aromatic heterocycles. The van der Waals surface area contributed by atoms with Gasteiger partial charge in [0.15, 0.2) is 11.6 Å². The lowest BCUT2D eigenvalue weighted by atomic mass is 10.1. The van der Waals surface area contributed by atoms with Crippen molar-refractivity contribution in [1.82, 2.24) is 0 Å².